The number of carbonyl (C=O) groups is 1. The molecule has 130 valence electrons. The molecule has 0 unspecified atom stereocenters. The molecule has 2 heterocycles. The molecule has 0 bridgehead atoms. The second-order valence-electron chi connectivity index (χ2n) is 6.18. The van der Waals surface area contributed by atoms with E-state index in [-0.39, 0.29) is 28.9 Å². The lowest BCUT2D eigenvalue weighted by Crippen LogP contribution is -2.30. The first-order valence-electron chi connectivity index (χ1n) is 7.88. The zero-order valence-corrected chi connectivity index (χ0v) is 13.0. The third-order valence-corrected chi connectivity index (χ3v) is 4.70. The van der Waals surface area contributed by atoms with Gasteiger partial charge < -0.3 is 5.32 Å². The van der Waals surface area contributed by atoms with E-state index in [1.54, 1.807) is 0 Å². The van der Waals surface area contributed by atoms with Crippen LogP contribution in [0.25, 0.3) is 0 Å². The number of alkyl halides is 3. The van der Waals surface area contributed by atoms with Crippen molar-refractivity contribution in [1.82, 2.24) is 10.2 Å². The number of aromatic amines is 2. The molecule has 0 fully saturated rings. The van der Waals surface area contributed by atoms with Gasteiger partial charge in [-0.2, -0.15) is 13.2 Å². The number of aromatic nitrogens is 2. The maximum absolute atomic E-state index is 13.5. The van der Waals surface area contributed by atoms with E-state index in [4.69, 9.17) is 0 Å². The average molecular weight is 349 g/mol. The van der Waals surface area contributed by atoms with Gasteiger partial charge in [-0.15, -0.1) is 0 Å². The molecular weight excluding hydrogens is 335 g/mol. The molecule has 1 aliphatic heterocycles. The van der Waals surface area contributed by atoms with Crippen LogP contribution >= 0.6 is 0 Å². The van der Waals surface area contributed by atoms with E-state index in [1.807, 2.05) is 0 Å². The lowest BCUT2D eigenvalue weighted by atomic mass is 9.75. The van der Waals surface area contributed by atoms with Gasteiger partial charge in [0, 0.05) is 23.6 Å². The smallest absolute Gasteiger partial charge is 0.343 e. The van der Waals surface area contributed by atoms with Gasteiger partial charge >= 0.3 is 6.18 Å². The Morgan fingerprint density at radius 2 is 1.80 bits per heavy atom. The number of rotatable bonds is 1. The summed E-state index contributed by atoms with van der Waals surface area (Å²) in [6.07, 6.45) is -3.13. The van der Waals surface area contributed by atoms with E-state index in [9.17, 15) is 22.8 Å². The number of nitrogens with one attached hydrogen (secondary N) is 3. The highest BCUT2D eigenvalue weighted by Gasteiger charge is 2.42. The normalized spacial score (nSPS) is 20.1. The van der Waals surface area contributed by atoms with Crippen molar-refractivity contribution in [3.8, 4) is 0 Å². The summed E-state index contributed by atoms with van der Waals surface area (Å²) >= 11 is 0. The van der Waals surface area contributed by atoms with E-state index in [1.165, 1.54) is 18.2 Å². The lowest BCUT2D eigenvalue weighted by molar-refractivity contribution is -0.138. The first-order valence-corrected chi connectivity index (χ1v) is 7.88. The average Bonchev–Trinajstić information content (AvgIpc) is 2.93. The number of hydrogen-bond acceptors (Lipinski definition) is 3. The topological polar surface area (TPSA) is 77.8 Å². The molecule has 3 N–H and O–H groups in total. The SMILES string of the molecule is O=C1CCCC2=C1[C@H](c1ccccc1C(F)(F)F)c1c([nH][nH]c1=O)N2. The minimum Gasteiger partial charge on any atom is -0.343 e. The van der Waals surface area contributed by atoms with Crippen LogP contribution in [0.2, 0.25) is 0 Å². The predicted octanol–water partition coefficient (Wildman–Crippen LogP) is 3.29. The van der Waals surface area contributed by atoms with Crippen molar-refractivity contribution in [2.24, 2.45) is 0 Å². The Bertz CT molecular complexity index is 953. The van der Waals surface area contributed by atoms with Crippen molar-refractivity contribution in [2.45, 2.75) is 31.4 Å². The highest BCUT2D eigenvalue weighted by atomic mass is 19.4. The minimum atomic E-state index is -4.58. The number of allylic oxidation sites excluding steroid dienone is 2. The van der Waals surface area contributed by atoms with Crippen LogP contribution in [0, 0.1) is 0 Å². The van der Waals surface area contributed by atoms with Gasteiger partial charge in [0.2, 0.25) is 0 Å². The molecule has 0 radical (unpaired) electrons. The summed E-state index contributed by atoms with van der Waals surface area (Å²) in [5.74, 6) is -0.936. The number of ketones is 1. The standard InChI is InChI=1S/C17H14F3N3O2/c18-17(19,20)9-5-2-1-4-8(9)12-13-10(6-3-7-11(13)24)21-15-14(12)16(25)23-22-15/h1-2,4-5,12H,3,6-7H2,(H3,21,22,23,25)/t12-/m0/s1. The van der Waals surface area contributed by atoms with E-state index >= 15 is 0 Å². The van der Waals surface area contributed by atoms with Crippen LogP contribution in [-0.2, 0) is 11.0 Å². The molecule has 0 amide bonds. The molecule has 8 heteroatoms. The van der Waals surface area contributed by atoms with Crippen LogP contribution in [0.15, 0.2) is 40.3 Å². The fourth-order valence-electron chi connectivity index (χ4n) is 3.68. The molecule has 2 aromatic rings. The largest absolute Gasteiger partial charge is 0.416 e. The summed E-state index contributed by atoms with van der Waals surface area (Å²) in [7, 11) is 0. The number of halogens is 3. The van der Waals surface area contributed by atoms with E-state index < -0.39 is 23.2 Å². The summed E-state index contributed by atoms with van der Waals surface area (Å²) in [4.78, 5) is 24.8. The second-order valence-corrected chi connectivity index (χ2v) is 6.18. The number of Topliss-reactive ketones (excluding diaryl/α,β-unsaturated/α-hetero) is 1. The molecule has 2 aliphatic rings. The van der Waals surface area contributed by atoms with E-state index in [0.717, 1.165) is 6.07 Å². The Balaban J connectivity index is 2.02. The molecule has 5 nitrogen and oxygen atoms in total. The Hall–Kier alpha value is -2.77. The van der Waals surface area contributed by atoms with Crippen LogP contribution in [0.4, 0.5) is 19.0 Å². The molecule has 1 atom stereocenters. The fourth-order valence-corrected chi connectivity index (χ4v) is 3.68. The van der Waals surface area contributed by atoms with Crippen LogP contribution in [-0.4, -0.2) is 16.0 Å². The lowest BCUT2D eigenvalue weighted by Gasteiger charge is -2.32. The highest BCUT2D eigenvalue weighted by molar-refractivity contribution is 6.01. The summed E-state index contributed by atoms with van der Waals surface area (Å²) < 4.78 is 40.5. The predicted molar refractivity (Wildman–Crippen MR) is 84.2 cm³/mol. The van der Waals surface area contributed by atoms with Crippen LogP contribution in [0.1, 0.15) is 41.9 Å². The molecule has 1 aromatic carbocycles. The minimum absolute atomic E-state index is 0.0781. The van der Waals surface area contributed by atoms with Crippen molar-refractivity contribution in [3.05, 3.63) is 62.6 Å². The van der Waals surface area contributed by atoms with Crippen LogP contribution < -0.4 is 10.9 Å². The monoisotopic (exact) mass is 349 g/mol. The maximum atomic E-state index is 13.5. The molecule has 1 aromatic heterocycles. The van der Waals surface area contributed by atoms with Gasteiger partial charge in [0.25, 0.3) is 5.56 Å². The molecule has 0 saturated heterocycles. The first kappa shape index (κ1) is 15.7. The van der Waals surface area contributed by atoms with Crippen LogP contribution in [0.5, 0.6) is 0 Å². The number of benzene rings is 1. The molecular formula is C17H14F3N3O2. The zero-order chi connectivity index (χ0) is 17.8. The second kappa shape index (κ2) is 5.37. The van der Waals surface area contributed by atoms with E-state index in [0.29, 0.717) is 24.4 Å². The van der Waals surface area contributed by atoms with Gasteiger partial charge in [0.1, 0.15) is 5.82 Å². The van der Waals surface area contributed by atoms with Gasteiger partial charge in [-0.25, -0.2) is 0 Å². The number of hydrogen-bond donors (Lipinski definition) is 3. The Morgan fingerprint density at radius 1 is 1.04 bits per heavy atom. The van der Waals surface area contributed by atoms with E-state index in [2.05, 4.69) is 15.5 Å². The Labute approximate surface area is 139 Å². The van der Waals surface area contributed by atoms with Gasteiger partial charge in [-0.05, 0) is 24.5 Å². The molecule has 1 aliphatic carbocycles. The van der Waals surface area contributed by atoms with Crippen molar-refractivity contribution < 1.29 is 18.0 Å². The number of H-pyrrole nitrogens is 2. The highest BCUT2D eigenvalue weighted by Crippen LogP contribution is 2.46. The summed E-state index contributed by atoms with van der Waals surface area (Å²) in [6, 6.07) is 5.10. The summed E-state index contributed by atoms with van der Waals surface area (Å²) in [5.41, 5.74) is -0.481. The maximum Gasteiger partial charge on any atom is 0.416 e. The Kier molecular flexibility index (Phi) is 3.38. The third-order valence-electron chi connectivity index (χ3n) is 4.70. The molecule has 4 rings (SSSR count). The zero-order valence-electron chi connectivity index (χ0n) is 13.0. The van der Waals surface area contributed by atoms with Crippen molar-refractivity contribution in [3.63, 3.8) is 0 Å². The quantitative estimate of drug-likeness (QED) is 0.739. The van der Waals surface area contributed by atoms with Gasteiger partial charge in [0.15, 0.2) is 5.78 Å². The van der Waals surface area contributed by atoms with Crippen molar-refractivity contribution in [1.29, 1.82) is 0 Å². The summed E-state index contributed by atoms with van der Waals surface area (Å²) in [5, 5.41) is 8.05. The number of anilines is 1. The van der Waals surface area contributed by atoms with Gasteiger partial charge in [-0.3, -0.25) is 19.8 Å². The van der Waals surface area contributed by atoms with Crippen molar-refractivity contribution >= 4 is 11.6 Å². The molecule has 0 spiro atoms. The van der Waals surface area contributed by atoms with Gasteiger partial charge in [0.05, 0.1) is 11.1 Å². The Morgan fingerprint density at radius 3 is 2.56 bits per heavy atom. The van der Waals surface area contributed by atoms with Crippen molar-refractivity contribution in [2.75, 3.05) is 5.32 Å². The molecule has 0 saturated carbocycles. The fraction of sp³-hybridized carbons (Fsp3) is 0.294. The molecule has 25 heavy (non-hydrogen) atoms. The summed E-state index contributed by atoms with van der Waals surface area (Å²) in [6.45, 7) is 0. The third kappa shape index (κ3) is 2.40. The van der Waals surface area contributed by atoms with Gasteiger partial charge in [-0.1, -0.05) is 18.2 Å². The number of carbonyl (C=O) groups excluding carboxylic acids is 1. The van der Waals surface area contributed by atoms with Crippen LogP contribution in [0.3, 0.4) is 0 Å². The number of fused-ring (bicyclic) bond motifs is 1. The first-order chi connectivity index (χ1) is 11.9.